The number of allylic oxidation sites excluding steroid dienone is 2. The number of ether oxygens (including phenoxy) is 1. The van der Waals surface area contributed by atoms with E-state index in [4.69, 9.17) is 4.74 Å². The van der Waals surface area contributed by atoms with Gasteiger partial charge < -0.3 is 4.74 Å². The third-order valence-electron chi connectivity index (χ3n) is 4.08. The van der Waals surface area contributed by atoms with Crippen LogP contribution in [0.4, 0.5) is 0 Å². The Kier molecular flexibility index (Phi) is 1.79. The zero-order chi connectivity index (χ0) is 10.6. The molecule has 0 aromatic rings. The van der Waals surface area contributed by atoms with Crippen molar-refractivity contribution in [1.82, 2.24) is 0 Å². The molecule has 5 unspecified atom stereocenters. The maximum Gasteiger partial charge on any atom is 0.316 e. The van der Waals surface area contributed by atoms with Crippen LogP contribution in [0.1, 0.15) is 19.8 Å². The SMILES string of the molecule is CC1C(=O)OC(=O)CC2C=CC1C1CC21. The fourth-order valence-corrected chi connectivity index (χ4v) is 3.08. The molecule has 1 heterocycles. The highest BCUT2D eigenvalue weighted by Crippen LogP contribution is 2.56. The van der Waals surface area contributed by atoms with Crippen LogP contribution in [-0.2, 0) is 14.3 Å². The van der Waals surface area contributed by atoms with E-state index >= 15 is 0 Å². The van der Waals surface area contributed by atoms with E-state index in [1.807, 2.05) is 6.92 Å². The van der Waals surface area contributed by atoms with E-state index in [1.165, 1.54) is 6.42 Å². The van der Waals surface area contributed by atoms with Gasteiger partial charge in [0.15, 0.2) is 0 Å². The van der Waals surface area contributed by atoms with Gasteiger partial charge >= 0.3 is 11.9 Å². The number of carbonyl (C=O) groups excluding carboxylic acids is 2. The van der Waals surface area contributed by atoms with Gasteiger partial charge in [-0.3, -0.25) is 9.59 Å². The molecule has 0 saturated heterocycles. The predicted octanol–water partition coefficient (Wildman–Crippen LogP) is 1.53. The molecular weight excluding hydrogens is 192 g/mol. The highest BCUT2D eigenvalue weighted by Gasteiger charge is 2.52. The minimum Gasteiger partial charge on any atom is -0.393 e. The Morgan fingerprint density at radius 2 is 2.07 bits per heavy atom. The predicted molar refractivity (Wildman–Crippen MR) is 52.6 cm³/mol. The molecule has 0 N–H and O–H groups in total. The van der Waals surface area contributed by atoms with Crippen LogP contribution in [0.5, 0.6) is 0 Å². The van der Waals surface area contributed by atoms with E-state index < -0.39 is 0 Å². The molecule has 0 aromatic carbocycles. The van der Waals surface area contributed by atoms with Crippen LogP contribution in [0.25, 0.3) is 0 Å². The van der Waals surface area contributed by atoms with Gasteiger partial charge in [0.25, 0.3) is 0 Å². The van der Waals surface area contributed by atoms with Crippen LogP contribution in [0, 0.1) is 29.6 Å². The molecule has 2 bridgehead atoms. The van der Waals surface area contributed by atoms with Crippen molar-refractivity contribution in [2.24, 2.45) is 29.6 Å². The van der Waals surface area contributed by atoms with Crippen molar-refractivity contribution in [1.29, 1.82) is 0 Å². The summed E-state index contributed by atoms with van der Waals surface area (Å²) in [5.74, 6) is 0.993. The highest BCUT2D eigenvalue weighted by molar-refractivity contribution is 5.87. The minimum atomic E-state index is -0.352. The Labute approximate surface area is 88.5 Å². The molecule has 3 aliphatic rings. The van der Waals surface area contributed by atoms with Gasteiger partial charge in [-0.1, -0.05) is 19.1 Å². The topological polar surface area (TPSA) is 43.4 Å². The molecule has 15 heavy (non-hydrogen) atoms. The summed E-state index contributed by atoms with van der Waals surface area (Å²) in [6, 6.07) is 0. The molecule has 1 saturated carbocycles. The number of cyclic esters (lactones) is 2. The molecule has 5 atom stereocenters. The largest absolute Gasteiger partial charge is 0.393 e. The van der Waals surface area contributed by atoms with Crippen molar-refractivity contribution in [2.75, 3.05) is 0 Å². The van der Waals surface area contributed by atoms with Crippen LogP contribution >= 0.6 is 0 Å². The van der Waals surface area contributed by atoms with Gasteiger partial charge in [0, 0.05) is 0 Å². The summed E-state index contributed by atoms with van der Waals surface area (Å²) in [6.45, 7) is 1.87. The second-order valence-electron chi connectivity index (χ2n) is 4.98. The van der Waals surface area contributed by atoms with E-state index in [9.17, 15) is 9.59 Å². The summed E-state index contributed by atoms with van der Waals surface area (Å²) in [5, 5.41) is 0. The first-order valence-corrected chi connectivity index (χ1v) is 5.59. The number of hydrogen-bond acceptors (Lipinski definition) is 3. The van der Waals surface area contributed by atoms with Crippen LogP contribution < -0.4 is 0 Å². The second kappa shape index (κ2) is 2.94. The lowest BCUT2D eigenvalue weighted by molar-refractivity contribution is -0.163. The lowest BCUT2D eigenvalue weighted by Gasteiger charge is -2.22. The van der Waals surface area contributed by atoms with Crippen LogP contribution in [0.15, 0.2) is 12.2 Å². The molecule has 0 aromatic heterocycles. The third kappa shape index (κ3) is 1.33. The van der Waals surface area contributed by atoms with Gasteiger partial charge in [-0.05, 0) is 30.1 Å². The summed E-state index contributed by atoms with van der Waals surface area (Å²) in [7, 11) is 0. The molecule has 0 amide bonds. The monoisotopic (exact) mass is 206 g/mol. The molecule has 3 heteroatoms. The molecule has 0 radical (unpaired) electrons. The maximum absolute atomic E-state index is 11.6. The van der Waals surface area contributed by atoms with Crippen LogP contribution in [0.3, 0.4) is 0 Å². The Morgan fingerprint density at radius 1 is 1.27 bits per heavy atom. The summed E-state index contributed by atoms with van der Waals surface area (Å²) in [5.41, 5.74) is 0. The zero-order valence-corrected chi connectivity index (χ0v) is 8.68. The third-order valence-corrected chi connectivity index (χ3v) is 4.08. The number of carbonyl (C=O) groups is 2. The fourth-order valence-electron chi connectivity index (χ4n) is 3.08. The molecular formula is C12H14O3. The summed E-state index contributed by atoms with van der Waals surface area (Å²) < 4.78 is 4.82. The van der Waals surface area contributed by atoms with Crippen molar-refractivity contribution in [3.63, 3.8) is 0 Å². The lowest BCUT2D eigenvalue weighted by Crippen LogP contribution is -2.25. The summed E-state index contributed by atoms with van der Waals surface area (Å²) in [6.07, 6.45) is 5.80. The molecule has 1 aliphatic heterocycles. The lowest BCUT2D eigenvalue weighted by atomic mass is 9.81. The normalized spacial score (nSPS) is 47.7. The Bertz CT molecular complexity index is 358. The van der Waals surface area contributed by atoms with Crippen molar-refractivity contribution in [2.45, 2.75) is 19.8 Å². The Morgan fingerprint density at radius 3 is 2.87 bits per heavy atom. The van der Waals surface area contributed by atoms with Crippen LogP contribution in [-0.4, -0.2) is 11.9 Å². The van der Waals surface area contributed by atoms with Gasteiger partial charge in [-0.2, -0.15) is 0 Å². The van der Waals surface area contributed by atoms with Gasteiger partial charge in [0.2, 0.25) is 0 Å². The van der Waals surface area contributed by atoms with Crippen LogP contribution in [0.2, 0.25) is 0 Å². The molecule has 80 valence electrons. The fraction of sp³-hybridized carbons (Fsp3) is 0.667. The second-order valence-corrected chi connectivity index (χ2v) is 4.98. The van der Waals surface area contributed by atoms with Crippen molar-refractivity contribution < 1.29 is 14.3 Å². The molecule has 2 aliphatic carbocycles. The first-order chi connectivity index (χ1) is 7.16. The average Bonchev–Trinajstić information content (AvgIpc) is 2.95. The number of fused-ring (bicyclic) bond motifs is 5. The smallest absolute Gasteiger partial charge is 0.316 e. The first-order valence-electron chi connectivity index (χ1n) is 5.59. The van der Waals surface area contributed by atoms with E-state index in [0.717, 1.165) is 0 Å². The van der Waals surface area contributed by atoms with Gasteiger partial charge in [-0.15, -0.1) is 0 Å². The molecule has 0 spiro atoms. The number of rotatable bonds is 0. The van der Waals surface area contributed by atoms with E-state index in [2.05, 4.69) is 12.2 Å². The Hall–Kier alpha value is -1.12. The summed E-state index contributed by atoms with van der Waals surface area (Å²) in [4.78, 5) is 23.0. The van der Waals surface area contributed by atoms with Crippen molar-refractivity contribution in [3.05, 3.63) is 12.2 Å². The van der Waals surface area contributed by atoms with Crippen molar-refractivity contribution in [3.8, 4) is 0 Å². The minimum absolute atomic E-state index is 0.167. The maximum atomic E-state index is 11.6. The zero-order valence-electron chi connectivity index (χ0n) is 8.68. The average molecular weight is 206 g/mol. The highest BCUT2D eigenvalue weighted by atomic mass is 16.6. The number of hydrogen-bond donors (Lipinski definition) is 0. The number of esters is 2. The first kappa shape index (κ1) is 9.13. The van der Waals surface area contributed by atoms with Gasteiger partial charge in [0.05, 0.1) is 12.3 Å². The van der Waals surface area contributed by atoms with E-state index in [-0.39, 0.29) is 17.9 Å². The molecule has 3 nitrogen and oxygen atoms in total. The van der Waals surface area contributed by atoms with Crippen molar-refractivity contribution >= 4 is 11.9 Å². The Balaban J connectivity index is 1.96. The van der Waals surface area contributed by atoms with Gasteiger partial charge in [0.1, 0.15) is 0 Å². The van der Waals surface area contributed by atoms with E-state index in [0.29, 0.717) is 30.1 Å². The standard InChI is InChI=1S/C12H14O3/c1-6-8-3-2-7(9-5-10(8)9)4-11(13)15-12(6)14/h2-3,6-10H,4-5H2,1H3. The van der Waals surface area contributed by atoms with Gasteiger partial charge in [-0.25, -0.2) is 0 Å². The summed E-state index contributed by atoms with van der Waals surface area (Å²) >= 11 is 0. The quantitative estimate of drug-likeness (QED) is 0.343. The van der Waals surface area contributed by atoms with E-state index in [1.54, 1.807) is 0 Å². The molecule has 1 fully saturated rings. The molecule has 3 rings (SSSR count).